The molecule has 1 N–H and O–H groups in total. The van der Waals surface area contributed by atoms with Gasteiger partial charge in [-0.05, 0) is 18.3 Å². The Kier molecular flexibility index (Phi) is 4.20. The standard InChI is InChI=1S/C11H14N6O3/c1-12-6-8-5-9(17(18)19)3-4-10(8)20-7-11-13-15-16(2)14-11/h3-5,12H,6-7H2,1-2H3. The Morgan fingerprint density at radius 2 is 2.30 bits per heavy atom. The van der Waals surface area contributed by atoms with Gasteiger partial charge in [-0.2, -0.15) is 4.80 Å². The highest BCUT2D eigenvalue weighted by Crippen LogP contribution is 2.24. The molecule has 0 saturated carbocycles. The van der Waals surface area contributed by atoms with Crippen LogP contribution in [0.5, 0.6) is 5.75 Å². The first-order valence-electron chi connectivity index (χ1n) is 5.87. The van der Waals surface area contributed by atoms with Gasteiger partial charge in [-0.1, -0.05) is 0 Å². The molecular formula is C11H14N6O3. The van der Waals surface area contributed by atoms with Gasteiger partial charge in [0, 0.05) is 24.2 Å². The summed E-state index contributed by atoms with van der Waals surface area (Å²) < 4.78 is 5.58. The normalized spacial score (nSPS) is 10.5. The van der Waals surface area contributed by atoms with Gasteiger partial charge in [-0.15, -0.1) is 10.2 Å². The van der Waals surface area contributed by atoms with E-state index in [4.69, 9.17) is 4.74 Å². The van der Waals surface area contributed by atoms with Crippen molar-refractivity contribution >= 4 is 5.69 Å². The second-order valence-electron chi connectivity index (χ2n) is 4.06. The Labute approximate surface area is 114 Å². The molecule has 9 heteroatoms. The Bertz CT molecular complexity index is 612. The van der Waals surface area contributed by atoms with E-state index >= 15 is 0 Å². The lowest BCUT2D eigenvalue weighted by molar-refractivity contribution is -0.384. The summed E-state index contributed by atoms with van der Waals surface area (Å²) in [6.45, 7) is 0.618. The van der Waals surface area contributed by atoms with Crippen molar-refractivity contribution in [2.75, 3.05) is 7.05 Å². The van der Waals surface area contributed by atoms with E-state index in [1.165, 1.54) is 16.9 Å². The van der Waals surface area contributed by atoms with Crippen LogP contribution in [0, 0.1) is 10.1 Å². The van der Waals surface area contributed by atoms with E-state index in [0.717, 1.165) is 0 Å². The molecule has 0 amide bonds. The SMILES string of the molecule is CNCc1cc([N+](=O)[O-])ccc1OCc1nnn(C)n1. The van der Waals surface area contributed by atoms with Crippen LogP contribution >= 0.6 is 0 Å². The molecule has 9 nitrogen and oxygen atoms in total. The predicted octanol–water partition coefficient (Wildman–Crippen LogP) is 0.417. The first kappa shape index (κ1) is 13.9. The molecule has 0 saturated heterocycles. The molecule has 1 heterocycles. The fraction of sp³-hybridized carbons (Fsp3) is 0.364. The number of non-ortho nitro benzene ring substituents is 1. The third kappa shape index (κ3) is 3.26. The van der Waals surface area contributed by atoms with Crippen LogP contribution in [0.3, 0.4) is 0 Å². The van der Waals surface area contributed by atoms with Crippen LogP contribution in [0.25, 0.3) is 0 Å². The number of tetrazole rings is 1. The lowest BCUT2D eigenvalue weighted by atomic mass is 10.2. The van der Waals surface area contributed by atoms with Crippen LogP contribution in [-0.2, 0) is 20.2 Å². The maximum absolute atomic E-state index is 10.8. The third-order valence-corrected chi connectivity index (χ3v) is 2.53. The Morgan fingerprint density at radius 3 is 2.90 bits per heavy atom. The van der Waals surface area contributed by atoms with Crippen LogP contribution < -0.4 is 10.1 Å². The summed E-state index contributed by atoms with van der Waals surface area (Å²) in [6.07, 6.45) is 0. The molecule has 106 valence electrons. The summed E-state index contributed by atoms with van der Waals surface area (Å²) in [5.41, 5.74) is 0.728. The first-order valence-corrected chi connectivity index (χ1v) is 5.87. The minimum atomic E-state index is -0.437. The van der Waals surface area contributed by atoms with Gasteiger partial charge < -0.3 is 10.1 Å². The van der Waals surface area contributed by atoms with Crippen molar-refractivity contribution in [2.24, 2.45) is 7.05 Å². The van der Waals surface area contributed by atoms with Crippen LogP contribution in [0.4, 0.5) is 5.69 Å². The number of rotatable bonds is 6. The Hall–Kier alpha value is -2.55. The molecule has 2 aromatic rings. The molecule has 0 radical (unpaired) electrons. The van der Waals surface area contributed by atoms with Crippen molar-refractivity contribution in [3.05, 3.63) is 39.7 Å². The maximum atomic E-state index is 10.8. The average molecular weight is 278 g/mol. The summed E-state index contributed by atoms with van der Waals surface area (Å²) in [4.78, 5) is 11.7. The van der Waals surface area contributed by atoms with Crippen LogP contribution in [-0.4, -0.2) is 32.2 Å². The fourth-order valence-corrected chi connectivity index (χ4v) is 1.67. The van der Waals surface area contributed by atoms with E-state index in [0.29, 0.717) is 23.7 Å². The molecule has 0 fully saturated rings. The molecule has 0 bridgehead atoms. The lowest BCUT2D eigenvalue weighted by Crippen LogP contribution is -2.08. The van der Waals surface area contributed by atoms with E-state index in [1.807, 2.05) is 0 Å². The molecule has 0 spiro atoms. The van der Waals surface area contributed by atoms with Gasteiger partial charge in [-0.3, -0.25) is 10.1 Å². The highest BCUT2D eigenvalue weighted by Gasteiger charge is 2.12. The minimum Gasteiger partial charge on any atom is -0.485 e. The number of ether oxygens (including phenoxy) is 1. The molecule has 0 atom stereocenters. The molecular weight excluding hydrogens is 264 g/mol. The third-order valence-electron chi connectivity index (χ3n) is 2.53. The summed E-state index contributed by atoms with van der Waals surface area (Å²) in [5.74, 6) is 0.999. The van der Waals surface area contributed by atoms with E-state index < -0.39 is 4.92 Å². The number of hydrogen-bond acceptors (Lipinski definition) is 7. The van der Waals surface area contributed by atoms with Crippen molar-refractivity contribution in [1.82, 2.24) is 25.5 Å². The van der Waals surface area contributed by atoms with Crippen LogP contribution in [0.2, 0.25) is 0 Å². The molecule has 0 unspecified atom stereocenters. The largest absolute Gasteiger partial charge is 0.485 e. The second kappa shape index (κ2) is 6.06. The van der Waals surface area contributed by atoms with Crippen LogP contribution in [0.15, 0.2) is 18.2 Å². The minimum absolute atomic E-state index is 0.0280. The van der Waals surface area contributed by atoms with Gasteiger partial charge in [0.15, 0.2) is 6.61 Å². The first-order chi connectivity index (χ1) is 9.60. The van der Waals surface area contributed by atoms with Crippen molar-refractivity contribution < 1.29 is 9.66 Å². The van der Waals surface area contributed by atoms with Gasteiger partial charge in [0.2, 0.25) is 5.82 Å². The molecule has 0 aliphatic rings. The summed E-state index contributed by atoms with van der Waals surface area (Å²) >= 11 is 0. The number of nitro groups is 1. The molecule has 2 rings (SSSR count). The lowest BCUT2D eigenvalue weighted by Gasteiger charge is -2.09. The zero-order valence-corrected chi connectivity index (χ0v) is 11.1. The van der Waals surface area contributed by atoms with Gasteiger partial charge in [0.05, 0.1) is 12.0 Å². The number of nitrogens with zero attached hydrogens (tertiary/aromatic N) is 5. The Morgan fingerprint density at radius 1 is 1.50 bits per heavy atom. The highest BCUT2D eigenvalue weighted by atomic mass is 16.6. The zero-order chi connectivity index (χ0) is 14.5. The quantitative estimate of drug-likeness (QED) is 0.602. The monoisotopic (exact) mass is 278 g/mol. The molecule has 1 aromatic carbocycles. The number of benzene rings is 1. The molecule has 20 heavy (non-hydrogen) atoms. The fourth-order valence-electron chi connectivity index (χ4n) is 1.67. The number of aryl methyl sites for hydroxylation is 1. The van der Waals surface area contributed by atoms with Gasteiger partial charge >= 0.3 is 0 Å². The number of nitro benzene ring substituents is 1. The van der Waals surface area contributed by atoms with E-state index in [-0.39, 0.29) is 12.3 Å². The van der Waals surface area contributed by atoms with Gasteiger partial charge in [-0.25, -0.2) is 0 Å². The van der Waals surface area contributed by atoms with Crippen molar-refractivity contribution in [1.29, 1.82) is 0 Å². The van der Waals surface area contributed by atoms with E-state index in [2.05, 4.69) is 20.7 Å². The number of aromatic nitrogens is 4. The topological polar surface area (TPSA) is 108 Å². The maximum Gasteiger partial charge on any atom is 0.270 e. The molecule has 0 aliphatic heterocycles. The highest BCUT2D eigenvalue weighted by molar-refractivity contribution is 5.43. The van der Waals surface area contributed by atoms with Crippen molar-refractivity contribution in [3.8, 4) is 5.75 Å². The Balaban J connectivity index is 2.15. The summed E-state index contributed by atoms with van der Waals surface area (Å²) in [6, 6.07) is 4.45. The number of hydrogen-bond donors (Lipinski definition) is 1. The average Bonchev–Trinajstić information content (AvgIpc) is 2.83. The van der Waals surface area contributed by atoms with Crippen molar-refractivity contribution in [3.63, 3.8) is 0 Å². The zero-order valence-electron chi connectivity index (χ0n) is 11.1. The summed E-state index contributed by atoms with van der Waals surface area (Å²) in [7, 11) is 3.42. The smallest absolute Gasteiger partial charge is 0.270 e. The molecule has 1 aromatic heterocycles. The number of nitrogens with one attached hydrogen (secondary N) is 1. The predicted molar refractivity (Wildman–Crippen MR) is 69.0 cm³/mol. The van der Waals surface area contributed by atoms with E-state index in [9.17, 15) is 10.1 Å². The van der Waals surface area contributed by atoms with E-state index in [1.54, 1.807) is 20.2 Å². The van der Waals surface area contributed by atoms with Gasteiger partial charge in [0.25, 0.3) is 5.69 Å². The summed E-state index contributed by atoms with van der Waals surface area (Å²) in [5, 5.41) is 25.2. The van der Waals surface area contributed by atoms with Crippen molar-refractivity contribution in [2.45, 2.75) is 13.2 Å². The van der Waals surface area contributed by atoms with Gasteiger partial charge in [0.1, 0.15) is 5.75 Å². The van der Waals surface area contributed by atoms with Crippen LogP contribution in [0.1, 0.15) is 11.4 Å². The second-order valence-corrected chi connectivity index (χ2v) is 4.06. The molecule has 0 aliphatic carbocycles.